The van der Waals surface area contributed by atoms with E-state index in [0.29, 0.717) is 31.7 Å². The van der Waals surface area contributed by atoms with Crippen LogP contribution in [-0.2, 0) is 9.59 Å². The topological polar surface area (TPSA) is 58.6 Å². The van der Waals surface area contributed by atoms with Gasteiger partial charge in [0.2, 0.25) is 5.91 Å². The van der Waals surface area contributed by atoms with Crippen LogP contribution in [0.4, 0.5) is 13.2 Å². The van der Waals surface area contributed by atoms with E-state index >= 15 is 0 Å². The van der Waals surface area contributed by atoms with Crippen LogP contribution in [-0.4, -0.2) is 49.1 Å². The minimum atomic E-state index is -4.88. The summed E-state index contributed by atoms with van der Waals surface area (Å²) in [4.78, 5) is 24.6. The maximum atomic E-state index is 12.2. The number of benzene rings is 1. The summed E-state index contributed by atoms with van der Waals surface area (Å²) in [5.41, 5.74) is 0.835. The number of carbonyl (C=O) groups is 2. The zero-order chi connectivity index (χ0) is 18.4. The van der Waals surface area contributed by atoms with E-state index in [-0.39, 0.29) is 5.91 Å². The lowest BCUT2D eigenvalue weighted by Crippen LogP contribution is -2.49. The zero-order valence-electron chi connectivity index (χ0n) is 13.7. The van der Waals surface area contributed by atoms with E-state index in [2.05, 4.69) is 0 Å². The molecule has 5 nitrogen and oxygen atoms in total. The molecule has 0 bridgehead atoms. The van der Waals surface area contributed by atoms with E-state index in [9.17, 15) is 22.8 Å². The molecule has 1 aliphatic rings. The number of hydrogen-bond donors (Lipinski definition) is 1. The lowest BCUT2D eigenvalue weighted by Gasteiger charge is -2.31. The average molecular weight is 356 g/mol. The van der Waals surface area contributed by atoms with Crippen molar-refractivity contribution in [2.75, 3.05) is 20.2 Å². The third-order valence-corrected chi connectivity index (χ3v) is 3.93. The monoisotopic (exact) mass is 356 g/mol. The molecule has 0 radical (unpaired) electrons. The molecular formula is C17H19F3N2O3. The fraction of sp³-hybridized carbons (Fsp3) is 0.412. The van der Waals surface area contributed by atoms with Crippen molar-refractivity contribution in [3.05, 3.63) is 35.9 Å². The molecule has 0 aliphatic carbocycles. The van der Waals surface area contributed by atoms with Crippen molar-refractivity contribution in [2.45, 2.75) is 25.1 Å². The third-order valence-electron chi connectivity index (χ3n) is 3.93. The molecule has 0 aromatic heterocycles. The maximum absolute atomic E-state index is 12.2. The Morgan fingerprint density at radius 3 is 2.32 bits per heavy atom. The molecule has 2 amide bonds. The van der Waals surface area contributed by atoms with Gasteiger partial charge in [-0.2, -0.15) is 13.2 Å². The number of methoxy groups -OCH3 is 1. The number of amides is 2. The number of ether oxygens (including phenoxy) is 1. The molecule has 0 saturated carbocycles. The van der Waals surface area contributed by atoms with E-state index < -0.39 is 18.1 Å². The summed E-state index contributed by atoms with van der Waals surface area (Å²) in [5.74, 6) is -1.43. The van der Waals surface area contributed by atoms with Crippen LogP contribution >= 0.6 is 0 Å². The average Bonchev–Trinajstić information content (AvgIpc) is 2.60. The van der Waals surface area contributed by atoms with Gasteiger partial charge in [0.05, 0.1) is 7.11 Å². The summed E-state index contributed by atoms with van der Waals surface area (Å²) in [6.07, 6.45) is -1.20. The molecule has 2 rings (SSSR count). The molecular weight excluding hydrogens is 337 g/mol. The van der Waals surface area contributed by atoms with Crippen LogP contribution < -0.4 is 10.1 Å². The molecule has 1 aromatic rings. The highest BCUT2D eigenvalue weighted by atomic mass is 19.4. The number of hydrogen-bond acceptors (Lipinski definition) is 3. The van der Waals surface area contributed by atoms with Gasteiger partial charge in [0.1, 0.15) is 5.75 Å². The highest BCUT2D eigenvalue weighted by molar-refractivity contribution is 5.91. The summed E-state index contributed by atoms with van der Waals surface area (Å²) in [6.45, 7) is 0.600. The van der Waals surface area contributed by atoms with Crippen LogP contribution in [0, 0.1) is 0 Å². The van der Waals surface area contributed by atoms with Gasteiger partial charge >= 0.3 is 12.1 Å². The highest BCUT2D eigenvalue weighted by Gasteiger charge is 2.40. The molecule has 1 fully saturated rings. The zero-order valence-corrected chi connectivity index (χ0v) is 13.7. The standard InChI is InChI=1S/C17H19F3N2O3/c1-25-14-5-2-12(3-6-14)4-7-15(23)22-10-8-13(9-11-22)21-16(24)17(18,19)20/h2-7,13H,8-11H2,1H3,(H,21,24)/b7-4+. The van der Waals surface area contributed by atoms with Crippen molar-refractivity contribution in [1.29, 1.82) is 0 Å². The van der Waals surface area contributed by atoms with Gasteiger partial charge < -0.3 is 15.0 Å². The van der Waals surface area contributed by atoms with Gasteiger partial charge in [0, 0.05) is 25.2 Å². The normalized spacial score (nSPS) is 16.1. The smallest absolute Gasteiger partial charge is 0.471 e. The first-order valence-corrected chi connectivity index (χ1v) is 7.78. The number of piperidine rings is 1. The maximum Gasteiger partial charge on any atom is 0.471 e. The molecule has 1 heterocycles. The van der Waals surface area contributed by atoms with Gasteiger partial charge in [-0.25, -0.2) is 0 Å². The van der Waals surface area contributed by atoms with Crippen LogP contribution in [0.2, 0.25) is 0 Å². The molecule has 136 valence electrons. The fourth-order valence-corrected chi connectivity index (χ4v) is 2.50. The molecule has 1 saturated heterocycles. The molecule has 25 heavy (non-hydrogen) atoms. The van der Waals surface area contributed by atoms with Crippen LogP contribution in [0.15, 0.2) is 30.3 Å². The SMILES string of the molecule is COc1ccc(/C=C/C(=O)N2CCC(NC(=O)C(F)(F)F)CC2)cc1. The van der Waals surface area contributed by atoms with Gasteiger partial charge in [-0.05, 0) is 36.6 Å². The Labute approximate surface area is 143 Å². The Morgan fingerprint density at radius 1 is 1.20 bits per heavy atom. The first-order valence-electron chi connectivity index (χ1n) is 7.78. The molecule has 0 spiro atoms. The van der Waals surface area contributed by atoms with E-state index in [1.807, 2.05) is 17.4 Å². The van der Waals surface area contributed by atoms with Crippen molar-refractivity contribution in [3.8, 4) is 5.75 Å². The molecule has 0 unspecified atom stereocenters. The Morgan fingerprint density at radius 2 is 1.80 bits per heavy atom. The Kier molecular flexibility index (Phi) is 6.06. The van der Waals surface area contributed by atoms with E-state index in [4.69, 9.17) is 4.74 Å². The third kappa shape index (κ3) is 5.51. The first kappa shape index (κ1) is 18.8. The van der Waals surface area contributed by atoms with E-state index in [1.165, 1.54) is 6.08 Å². The lowest BCUT2D eigenvalue weighted by atomic mass is 10.0. The second-order valence-corrected chi connectivity index (χ2v) is 5.68. The number of likely N-dealkylation sites (tertiary alicyclic amines) is 1. The molecule has 1 aliphatic heterocycles. The summed E-state index contributed by atoms with van der Waals surface area (Å²) in [6, 6.07) is 6.60. The number of nitrogens with zero attached hydrogens (tertiary/aromatic N) is 1. The van der Waals surface area contributed by atoms with Crippen molar-refractivity contribution < 1.29 is 27.5 Å². The molecule has 1 aromatic carbocycles. The second kappa shape index (κ2) is 8.04. The van der Waals surface area contributed by atoms with Crippen molar-refractivity contribution in [2.24, 2.45) is 0 Å². The Bertz CT molecular complexity index is 634. The largest absolute Gasteiger partial charge is 0.497 e. The number of alkyl halides is 3. The number of halogens is 3. The Hall–Kier alpha value is -2.51. The van der Waals surface area contributed by atoms with Gasteiger partial charge in [0.15, 0.2) is 0 Å². The van der Waals surface area contributed by atoms with Gasteiger partial charge in [-0.1, -0.05) is 12.1 Å². The van der Waals surface area contributed by atoms with Crippen LogP contribution in [0.1, 0.15) is 18.4 Å². The Balaban J connectivity index is 1.82. The predicted molar refractivity (Wildman–Crippen MR) is 85.8 cm³/mol. The predicted octanol–water partition coefficient (Wildman–Crippen LogP) is 2.38. The number of nitrogens with one attached hydrogen (secondary N) is 1. The van der Waals surface area contributed by atoms with Crippen LogP contribution in [0.25, 0.3) is 6.08 Å². The summed E-state index contributed by atoms with van der Waals surface area (Å²) >= 11 is 0. The van der Waals surface area contributed by atoms with E-state index in [0.717, 1.165) is 5.56 Å². The summed E-state index contributed by atoms with van der Waals surface area (Å²) in [5, 5.41) is 1.96. The number of carbonyl (C=O) groups excluding carboxylic acids is 2. The lowest BCUT2D eigenvalue weighted by molar-refractivity contribution is -0.174. The second-order valence-electron chi connectivity index (χ2n) is 5.68. The van der Waals surface area contributed by atoms with Crippen LogP contribution in [0.3, 0.4) is 0 Å². The van der Waals surface area contributed by atoms with Crippen LogP contribution in [0.5, 0.6) is 5.75 Å². The van der Waals surface area contributed by atoms with Gasteiger partial charge in [0.25, 0.3) is 0 Å². The highest BCUT2D eigenvalue weighted by Crippen LogP contribution is 2.18. The van der Waals surface area contributed by atoms with Crippen molar-refractivity contribution >= 4 is 17.9 Å². The molecule has 1 N–H and O–H groups in total. The van der Waals surface area contributed by atoms with Gasteiger partial charge in [-0.3, -0.25) is 9.59 Å². The molecule has 8 heteroatoms. The van der Waals surface area contributed by atoms with Crippen molar-refractivity contribution in [1.82, 2.24) is 10.2 Å². The minimum absolute atomic E-state index is 0.212. The summed E-state index contributed by atoms with van der Waals surface area (Å²) < 4.78 is 41.7. The van der Waals surface area contributed by atoms with Gasteiger partial charge in [-0.15, -0.1) is 0 Å². The minimum Gasteiger partial charge on any atom is -0.497 e. The quantitative estimate of drug-likeness (QED) is 0.843. The molecule has 0 atom stereocenters. The first-order chi connectivity index (χ1) is 11.8. The van der Waals surface area contributed by atoms with Crippen molar-refractivity contribution in [3.63, 3.8) is 0 Å². The summed E-state index contributed by atoms with van der Waals surface area (Å²) in [7, 11) is 1.56. The fourth-order valence-electron chi connectivity index (χ4n) is 2.50. The van der Waals surface area contributed by atoms with E-state index in [1.54, 1.807) is 30.2 Å². The number of rotatable bonds is 4.